The molecule has 0 saturated carbocycles. The zero-order valence-corrected chi connectivity index (χ0v) is 9.90. The van der Waals surface area contributed by atoms with E-state index in [2.05, 4.69) is 24.0 Å². The van der Waals surface area contributed by atoms with Crippen LogP contribution in [-0.4, -0.2) is 4.98 Å². The number of fused-ring (bicyclic) bond motifs is 1. The SMILES string of the molecule is Cc1oc2ccc(-c3ccncc3)cc2c1C. The zero-order chi connectivity index (χ0) is 11.8. The topological polar surface area (TPSA) is 26.0 Å². The Bertz CT molecular complexity index is 668. The first-order chi connectivity index (χ1) is 8.25. The van der Waals surface area contributed by atoms with E-state index in [1.165, 1.54) is 22.1 Å². The monoisotopic (exact) mass is 223 g/mol. The highest BCUT2D eigenvalue weighted by molar-refractivity contribution is 5.86. The lowest BCUT2D eigenvalue weighted by Crippen LogP contribution is -1.78. The fourth-order valence-electron chi connectivity index (χ4n) is 2.07. The molecule has 0 aliphatic rings. The smallest absolute Gasteiger partial charge is 0.134 e. The molecule has 0 aliphatic heterocycles. The quantitative estimate of drug-likeness (QED) is 0.620. The molecule has 0 spiro atoms. The van der Waals surface area contributed by atoms with Gasteiger partial charge in [-0.15, -0.1) is 0 Å². The second kappa shape index (κ2) is 3.74. The maximum absolute atomic E-state index is 5.68. The molecule has 2 nitrogen and oxygen atoms in total. The lowest BCUT2D eigenvalue weighted by molar-refractivity contribution is 0.575. The molecule has 0 unspecified atom stereocenters. The van der Waals surface area contributed by atoms with Gasteiger partial charge < -0.3 is 4.42 Å². The summed E-state index contributed by atoms with van der Waals surface area (Å²) in [5.41, 5.74) is 4.55. The van der Waals surface area contributed by atoms with Crippen LogP contribution < -0.4 is 0 Å². The Kier molecular flexibility index (Phi) is 2.22. The first-order valence-electron chi connectivity index (χ1n) is 5.66. The number of furan rings is 1. The van der Waals surface area contributed by atoms with E-state index in [1.54, 1.807) is 0 Å². The van der Waals surface area contributed by atoms with Crippen LogP contribution in [0.1, 0.15) is 11.3 Å². The molecular weight excluding hydrogens is 210 g/mol. The van der Waals surface area contributed by atoms with Crippen LogP contribution in [0.25, 0.3) is 22.1 Å². The average Bonchev–Trinajstić information content (AvgIpc) is 2.66. The minimum atomic E-state index is 0.956. The van der Waals surface area contributed by atoms with Crippen LogP contribution in [0.2, 0.25) is 0 Å². The van der Waals surface area contributed by atoms with Gasteiger partial charge >= 0.3 is 0 Å². The molecule has 3 rings (SSSR count). The predicted molar refractivity (Wildman–Crippen MR) is 68.9 cm³/mol. The Morgan fingerprint density at radius 3 is 2.47 bits per heavy atom. The van der Waals surface area contributed by atoms with Gasteiger partial charge in [0.15, 0.2) is 0 Å². The molecule has 0 fully saturated rings. The van der Waals surface area contributed by atoms with Gasteiger partial charge in [-0.05, 0) is 54.8 Å². The number of aromatic nitrogens is 1. The normalized spacial score (nSPS) is 10.9. The first-order valence-corrected chi connectivity index (χ1v) is 5.66. The van der Waals surface area contributed by atoms with Gasteiger partial charge in [0.2, 0.25) is 0 Å². The number of hydrogen-bond donors (Lipinski definition) is 0. The van der Waals surface area contributed by atoms with Gasteiger partial charge in [-0.25, -0.2) is 0 Å². The third kappa shape index (κ3) is 1.62. The van der Waals surface area contributed by atoms with Gasteiger partial charge in [-0.1, -0.05) is 6.07 Å². The second-order valence-corrected chi connectivity index (χ2v) is 4.23. The van der Waals surface area contributed by atoms with Crippen molar-refractivity contribution in [2.24, 2.45) is 0 Å². The van der Waals surface area contributed by atoms with Crippen molar-refractivity contribution in [2.75, 3.05) is 0 Å². The average molecular weight is 223 g/mol. The molecule has 0 amide bonds. The summed E-state index contributed by atoms with van der Waals surface area (Å²) in [6, 6.07) is 10.3. The Morgan fingerprint density at radius 2 is 1.71 bits per heavy atom. The highest BCUT2D eigenvalue weighted by atomic mass is 16.3. The van der Waals surface area contributed by atoms with E-state index in [1.807, 2.05) is 37.5 Å². The molecule has 1 aromatic carbocycles. The van der Waals surface area contributed by atoms with E-state index in [0.717, 1.165) is 11.3 Å². The van der Waals surface area contributed by atoms with Gasteiger partial charge in [0.25, 0.3) is 0 Å². The van der Waals surface area contributed by atoms with E-state index in [0.29, 0.717) is 0 Å². The van der Waals surface area contributed by atoms with Gasteiger partial charge in [0.05, 0.1) is 0 Å². The molecular formula is C15H13NO. The summed E-state index contributed by atoms with van der Waals surface area (Å²) in [6.07, 6.45) is 3.63. The third-order valence-electron chi connectivity index (χ3n) is 3.19. The van der Waals surface area contributed by atoms with Crippen LogP contribution in [0.4, 0.5) is 0 Å². The van der Waals surface area contributed by atoms with Crippen molar-refractivity contribution in [3.8, 4) is 11.1 Å². The van der Waals surface area contributed by atoms with Crippen LogP contribution in [-0.2, 0) is 0 Å². The molecule has 3 aromatic rings. The van der Waals surface area contributed by atoms with Gasteiger partial charge in [-0.3, -0.25) is 4.98 Å². The van der Waals surface area contributed by atoms with Crippen molar-refractivity contribution in [3.63, 3.8) is 0 Å². The lowest BCUT2D eigenvalue weighted by Gasteiger charge is -2.00. The summed E-state index contributed by atoms with van der Waals surface area (Å²) < 4.78 is 5.68. The van der Waals surface area contributed by atoms with Crippen LogP contribution in [0, 0.1) is 13.8 Å². The van der Waals surface area contributed by atoms with Gasteiger partial charge in [0, 0.05) is 17.8 Å². The zero-order valence-electron chi connectivity index (χ0n) is 9.90. The Hall–Kier alpha value is -2.09. The van der Waals surface area contributed by atoms with Crippen LogP contribution in [0.15, 0.2) is 47.1 Å². The van der Waals surface area contributed by atoms with E-state index in [-0.39, 0.29) is 0 Å². The first kappa shape index (κ1) is 10.1. The standard InChI is InChI=1S/C15H13NO/c1-10-11(2)17-15-4-3-13(9-14(10)15)12-5-7-16-8-6-12/h3-9H,1-2H3. The van der Waals surface area contributed by atoms with E-state index in [4.69, 9.17) is 4.42 Å². The summed E-state index contributed by atoms with van der Waals surface area (Å²) in [4.78, 5) is 4.04. The maximum atomic E-state index is 5.68. The molecule has 2 aromatic heterocycles. The van der Waals surface area contributed by atoms with E-state index >= 15 is 0 Å². The highest BCUT2D eigenvalue weighted by Gasteiger charge is 2.07. The number of hydrogen-bond acceptors (Lipinski definition) is 2. The van der Waals surface area contributed by atoms with Crippen molar-refractivity contribution in [2.45, 2.75) is 13.8 Å². The molecule has 2 heterocycles. The van der Waals surface area contributed by atoms with Gasteiger partial charge in [-0.2, -0.15) is 0 Å². The van der Waals surface area contributed by atoms with Crippen molar-refractivity contribution in [1.82, 2.24) is 4.98 Å². The molecule has 17 heavy (non-hydrogen) atoms. The molecule has 0 N–H and O–H groups in total. The minimum Gasteiger partial charge on any atom is -0.461 e. The Balaban J connectivity index is 2.23. The maximum Gasteiger partial charge on any atom is 0.134 e. The van der Waals surface area contributed by atoms with Crippen molar-refractivity contribution < 1.29 is 4.42 Å². The molecule has 0 saturated heterocycles. The minimum absolute atomic E-state index is 0.956. The van der Waals surface area contributed by atoms with Crippen LogP contribution in [0.3, 0.4) is 0 Å². The molecule has 0 atom stereocenters. The van der Waals surface area contributed by atoms with Crippen molar-refractivity contribution >= 4 is 11.0 Å². The summed E-state index contributed by atoms with van der Waals surface area (Å²) in [5, 5.41) is 1.19. The molecule has 0 radical (unpaired) electrons. The highest BCUT2D eigenvalue weighted by Crippen LogP contribution is 2.29. The number of pyridine rings is 1. The number of aryl methyl sites for hydroxylation is 2. The summed E-state index contributed by atoms with van der Waals surface area (Å²) in [7, 11) is 0. The second-order valence-electron chi connectivity index (χ2n) is 4.23. The summed E-state index contributed by atoms with van der Waals surface area (Å²) in [6.45, 7) is 4.10. The predicted octanol–water partition coefficient (Wildman–Crippen LogP) is 4.11. The Labute approximate surface area is 99.9 Å². The van der Waals surface area contributed by atoms with Gasteiger partial charge in [0.1, 0.15) is 11.3 Å². The summed E-state index contributed by atoms with van der Waals surface area (Å²) >= 11 is 0. The molecule has 0 aliphatic carbocycles. The third-order valence-corrected chi connectivity index (χ3v) is 3.19. The number of nitrogens with zero attached hydrogens (tertiary/aromatic N) is 1. The summed E-state index contributed by atoms with van der Waals surface area (Å²) in [5.74, 6) is 0.992. The lowest BCUT2D eigenvalue weighted by atomic mass is 10.0. The number of rotatable bonds is 1. The van der Waals surface area contributed by atoms with E-state index in [9.17, 15) is 0 Å². The molecule has 2 heteroatoms. The fraction of sp³-hybridized carbons (Fsp3) is 0.133. The van der Waals surface area contributed by atoms with Crippen molar-refractivity contribution in [3.05, 3.63) is 54.0 Å². The largest absolute Gasteiger partial charge is 0.461 e. The van der Waals surface area contributed by atoms with Crippen LogP contribution >= 0.6 is 0 Å². The number of benzene rings is 1. The van der Waals surface area contributed by atoms with Crippen LogP contribution in [0.5, 0.6) is 0 Å². The fourth-order valence-corrected chi connectivity index (χ4v) is 2.07. The van der Waals surface area contributed by atoms with Crippen molar-refractivity contribution in [1.29, 1.82) is 0 Å². The molecule has 0 bridgehead atoms. The Morgan fingerprint density at radius 1 is 0.941 bits per heavy atom. The van der Waals surface area contributed by atoms with E-state index < -0.39 is 0 Å². The molecule has 84 valence electrons.